The molecule has 1 heterocycles. The fraction of sp³-hybridized carbons (Fsp3) is 0.500. The van der Waals surface area contributed by atoms with E-state index in [0.29, 0.717) is 0 Å². The van der Waals surface area contributed by atoms with Gasteiger partial charge in [0.2, 0.25) is 0 Å². The number of urea groups is 1. The van der Waals surface area contributed by atoms with Gasteiger partial charge in [0.1, 0.15) is 0 Å². The Balaban J connectivity index is 2.28. The molecule has 0 spiro atoms. The second kappa shape index (κ2) is 7.75. The molecule has 0 aliphatic rings. The van der Waals surface area contributed by atoms with Crippen molar-refractivity contribution in [1.82, 2.24) is 10.6 Å². The lowest BCUT2D eigenvalue weighted by Gasteiger charge is -2.15. The Labute approximate surface area is 115 Å². The highest BCUT2D eigenvalue weighted by Gasteiger charge is 2.17. The molecule has 19 heavy (non-hydrogen) atoms. The quantitative estimate of drug-likeness (QED) is 0.700. The van der Waals surface area contributed by atoms with Crippen LogP contribution in [0.2, 0.25) is 0 Å². The van der Waals surface area contributed by atoms with Gasteiger partial charge in [0.25, 0.3) is 0 Å². The predicted octanol–water partition coefficient (Wildman–Crippen LogP) is 1.08. The second-order valence-corrected chi connectivity index (χ2v) is 5.13. The molecule has 0 aromatic carbocycles. The standard InChI is InChI=1S/C12H18N2O4S/c1-8(6-9-4-3-5-19-9)14-12(17)13-7-10(18-2)11(15)16/h3-5,8,10H,6-7H2,1-2H3,(H,15,16)(H2,13,14,17). The van der Waals surface area contributed by atoms with Gasteiger partial charge in [0.05, 0.1) is 6.54 Å². The summed E-state index contributed by atoms with van der Waals surface area (Å²) in [7, 11) is 1.29. The summed E-state index contributed by atoms with van der Waals surface area (Å²) in [6.07, 6.45) is -0.282. The van der Waals surface area contributed by atoms with Crippen LogP contribution in [0.5, 0.6) is 0 Å². The van der Waals surface area contributed by atoms with E-state index in [1.807, 2.05) is 24.4 Å². The Bertz CT molecular complexity index is 408. The zero-order valence-corrected chi connectivity index (χ0v) is 11.7. The molecule has 106 valence electrons. The third kappa shape index (κ3) is 5.71. The first-order chi connectivity index (χ1) is 9.02. The fourth-order valence-corrected chi connectivity index (χ4v) is 2.35. The lowest BCUT2D eigenvalue weighted by molar-refractivity contribution is -0.147. The van der Waals surface area contributed by atoms with Crippen molar-refractivity contribution in [2.45, 2.75) is 25.5 Å². The number of rotatable bonds is 7. The molecule has 0 fully saturated rings. The minimum absolute atomic E-state index is 0.0236. The molecule has 2 unspecified atom stereocenters. The molecule has 0 aliphatic heterocycles. The number of carboxylic acid groups (broad SMARTS) is 1. The summed E-state index contributed by atoms with van der Waals surface area (Å²) >= 11 is 1.63. The van der Waals surface area contributed by atoms with Gasteiger partial charge >= 0.3 is 12.0 Å². The Morgan fingerprint density at radius 1 is 1.53 bits per heavy atom. The Morgan fingerprint density at radius 2 is 2.26 bits per heavy atom. The van der Waals surface area contributed by atoms with E-state index < -0.39 is 18.1 Å². The summed E-state index contributed by atoms with van der Waals surface area (Å²) in [5.41, 5.74) is 0. The smallest absolute Gasteiger partial charge is 0.334 e. The van der Waals surface area contributed by atoms with E-state index in [9.17, 15) is 9.59 Å². The third-order valence-electron chi connectivity index (χ3n) is 2.47. The first-order valence-corrected chi connectivity index (χ1v) is 6.73. The van der Waals surface area contributed by atoms with Crippen molar-refractivity contribution in [3.8, 4) is 0 Å². The van der Waals surface area contributed by atoms with Gasteiger partial charge in [0.15, 0.2) is 6.10 Å². The Morgan fingerprint density at radius 3 is 2.79 bits per heavy atom. The monoisotopic (exact) mass is 286 g/mol. The topological polar surface area (TPSA) is 87.7 Å². The number of amides is 2. The van der Waals surface area contributed by atoms with E-state index in [2.05, 4.69) is 10.6 Å². The van der Waals surface area contributed by atoms with Crippen LogP contribution in [0, 0.1) is 0 Å². The number of hydrogen-bond acceptors (Lipinski definition) is 4. The van der Waals surface area contributed by atoms with Gasteiger partial charge in [-0.1, -0.05) is 6.07 Å². The molecule has 0 aliphatic carbocycles. The average molecular weight is 286 g/mol. The summed E-state index contributed by atoms with van der Waals surface area (Å²) in [5, 5.41) is 15.9. The van der Waals surface area contributed by atoms with E-state index >= 15 is 0 Å². The number of carboxylic acids is 1. The van der Waals surface area contributed by atoms with Gasteiger partial charge in [-0.05, 0) is 18.4 Å². The normalized spacial score (nSPS) is 13.6. The van der Waals surface area contributed by atoms with Gasteiger partial charge in [-0.2, -0.15) is 0 Å². The van der Waals surface area contributed by atoms with Crippen LogP contribution in [0.25, 0.3) is 0 Å². The van der Waals surface area contributed by atoms with Crippen LogP contribution in [0.1, 0.15) is 11.8 Å². The zero-order chi connectivity index (χ0) is 14.3. The summed E-state index contributed by atoms with van der Waals surface area (Å²) in [5.74, 6) is -1.10. The molecule has 0 saturated heterocycles. The Hall–Kier alpha value is -1.60. The SMILES string of the molecule is COC(CNC(=O)NC(C)Cc1cccs1)C(=O)O. The lowest BCUT2D eigenvalue weighted by atomic mass is 10.2. The molecule has 0 saturated carbocycles. The number of aliphatic carboxylic acids is 1. The van der Waals surface area contributed by atoms with Crippen LogP contribution in [-0.2, 0) is 16.0 Å². The van der Waals surface area contributed by atoms with Gasteiger partial charge < -0.3 is 20.5 Å². The van der Waals surface area contributed by atoms with Crippen molar-refractivity contribution >= 4 is 23.3 Å². The maximum Gasteiger partial charge on any atom is 0.334 e. The summed E-state index contributed by atoms with van der Waals surface area (Å²) in [6.45, 7) is 1.83. The number of thiophene rings is 1. The van der Waals surface area contributed by atoms with Crippen molar-refractivity contribution in [3.05, 3.63) is 22.4 Å². The van der Waals surface area contributed by atoms with Crippen LogP contribution < -0.4 is 10.6 Å². The van der Waals surface area contributed by atoms with Crippen molar-refractivity contribution in [2.24, 2.45) is 0 Å². The summed E-state index contributed by atoms with van der Waals surface area (Å²) in [4.78, 5) is 23.4. The predicted molar refractivity (Wildman–Crippen MR) is 72.5 cm³/mol. The molecule has 0 radical (unpaired) electrons. The van der Waals surface area contributed by atoms with Crippen molar-refractivity contribution < 1.29 is 19.4 Å². The maximum atomic E-state index is 11.6. The van der Waals surface area contributed by atoms with Gasteiger partial charge in [0, 0.05) is 24.4 Å². The van der Waals surface area contributed by atoms with Crippen LogP contribution >= 0.6 is 11.3 Å². The molecule has 2 atom stereocenters. The van der Waals surface area contributed by atoms with E-state index in [-0.39, 0.29) is 12.6 Å². The number of methoxy groups -OCH3 is 1. The van der Waals surface area contributed by atoms with E-state index in [1.54, 1.807) is 11.3 Å². The molecular weight excluding hydrogens is 268 g/mol. The van der Waals surface area contributed by atoms with Crippen molar-refractivity contribution in [3.63, 3.8) is 0 Å². The average Bonchev–Trinajstić information content (AvgIpc) is 2.81. The van der Waals surface area contributed by atoms with E-state index in [0.717, 1.165) is 6.42 Å². The molecule has 1 aromatic rings. The molecule has 7 heteroatoms. The first-order valence-electron chi connectivity index (χ1n) is 5.85. The molecule has 2 amide bonds. The molecule has 0 bridgehead atoms. The van der Waals surface area contributed by atoms with Crippen LogP contribution in [0.15, 0.2) is 17.5 Å². The number of ether oxygens (including phenoxy) is 1. The van der Waals surface area contributed by atoms with E-state index in [4.69, 9.17) is 9.84 Å². The second-order valence-electron chi connectivity index (χ2n) is 4.10. The lowest BCUT2D eigenvalue weighted by Crippen LogP contribution is -2.46. The molecule has 1 aromatic heterocycles. The minimum Gasteiger partial charge on any atom is -0.479 e. The highest BCUT2D eigenvalue weighted by Crippen LogP contribution is 2.10. The number of nitrogens with one attached hydrogen (secondary N) is 2. The number of hydrogen-bond donors (Lipinski definition) is 3. The third-order valence-corrected chi connectivity index (χ3v) is 3.37. The zero-order valence-electron chi connectivity index (χ0n) is 10.9. The summed E-state index contributed by atoms with van der Waals surface area (Å²) in [6, 6.07) is 3.55. The number of carbonyl (C=O) groups excluding carboxylic acids is 1. The Kier molecular flexibility index (Phi) is 6.31. The van der Waals surface area contributed by atoms with Crippen LogP contribution in [-0.4, -0.2) is 42.9 Å². The maximum absolute atomic E-state index is 11.6. The van der Waals surface area contributed by atoms with Gasteiger partial charge in [-0.25, -0.2) is 9.59 Å². The molecule has 1 rings (SSSR count). The van der Waals surface area contributed by atoms with Crippen molar-refractivity contribution in [1.29, 1.82) is 0 Å². The largest absolute Gasteiger partial charge is 0.479 e. The first kappa shape index (κ1) is 15.5. The molecule has 3 N–H and O–H groups in total. The molecular formula is C12H18N2O4S. The number of carbonyl (C=O) groups is 2. The van der Waals surface area contributed by atoms with Crippen molar-refractivity contribution in [2.75, 3.05) is 13.7 Å². The van der Waals surface area contributed by atoms with Gasteiger partial charge in [-0.15, -0.1) is 11.3 Å². The fourth-order valence-electron chi connectivity index (χ4n) is 1.51. The van der Waals surface area contributed by atoms with Crippen LogP contribution in [0.3, 0.4) is 0 Å². The van der Waals surface area contributed by atoms with Gasteiger partial charge in [-0.3, -0.25) is 0 Å². The minimum atomic E-state index is -1.10. The highest BCUT2D eigenvalue weighted by molar-refractivity contribution is 7.09. The van der Waals surface area contributed by atoms with E-state index in [1.165, 1.54) is 12.0 Å². The molecule has 6 nitrogen and oxygen atoms in total. The summed E-state index contributed by atoms with van der Waals surface area (Å²) < 4.78 is 4.71. The van der Waals surface area contributed by atoms with Crippen LogP contribution in [0.4, 0.5) is 4.79 Å². The highest BCUT2D eigenvalue weighted by atomic mass is 32.1.